The molecule has 0 aliphatic carbocycles. The number of hydrogen-bond donors (Lipinski definition) is 0. The lowest BCUT2D eigenvalue weighted by molar-refractivity contribution is -0.130. The summed E-state index contributed by atoms with van der Waals surface area (Å²) in [7, 11) is 0. The molecular formula is C16H17ClO3. The molecule has 1 aromatic carbocycles. The molecule has 0 saturated carbocycles. The Labute approximate surface area is 123 Å². The van der Waals surface area contributed by atoms with Gasteiger partial charge in [0.15, 0.2) is 5.78 Å². The summed E-state index contributed by atoms with van der Waals surface area (Å²) < 4.78 is 0. The summed E-state index contributed by atoms with van der Waals surface area (Å²) in [5, 5.41) is 0.545. The number of ketones is 3. The minimum Gasteiger partial charge on any atom is -0.299 e. The van der Waals surface area contributed by atoms with Gasteiger partial charge in [-0.1, -0.05) is 30.3 Å². The van der Waals surface area contributed by atoms with E-state index < -0.39 is 11.8 Å². The molecule has 0 aliphatic rings. The van der Waals surface area contributed by atoms with Gasteiger partial charge < -0.3 is 0 Å². The van der Waals surface area contributed by atoms with Gasteiger partial charge >= 0.3 is 0 Å². The van der Waals surface area contributed by atoms with Crippen molar-refractivity contribution in [2.75, 3.05) is 0 Å². The Morgan fingerprint density at radius 3 is 1.80 bits per heavy atom. The third-order valence-corrected chi connectivity index (χ3v) is 3.52. The third-order valence-electron chi connectivity index (χ3n) is 3.27. The Balaban J connectivity index is 3.37. The second kappa shape index (κ2) is 6.62. The average molecular weight is 293 g/mol. The van der Waals surface area contributed by atoms with Crippen LogP contribution in [0.1, 0.15) is 32.3 Å². The Morgan fingerprint density at radius 2 is 1.45 bits per heavy atom. The average Bonchev–Trinajstić information content (AvgIpc) is 2.35. The highest BCUT2D eigenvalue weighted by Crippen LogP contribution is 2.33. The highest BCUT2D eigenvalue weighted by Gasteiger charge is 2.34. The molecule has 0 aromatic heterocycles. The van der Waals surface area contributed by atoms with Gasteiger partial charge in [-0.15, -0.1) is 0 Å². The van der Waals surface area contributed by atoms with Gasteiger partial charge in [0.2, 0.25) is 0 Å². The van der Waals surface area contributed by atoms with Crippen molar-refractivity contribution in [3.05, 3.63) is 47.0 Å². The van der Waals surface area contributed by atoms with Crippen molar-refractivity contribution < 1.29 is 14.4 Å². The summed E-state index contributed by atoms with van der Waals surface area (Å²) in [5.74, 6) is -2.33. The quantitative estimate of drug-likeness (QED) is 0.597. The van der Waals surface area contributed by atoms with Crippen LogP contribution in [0.5, 0.6) is 0 Å². The van der Waals surface area contributed by atoms with Crippen LogP contribution < -0.4 is 0 Å². The van der Waals surface area contributed by atoms with Gasteiger partial charge in [-0.05, 0) is 44.0 Å². The molecule has 20 heavy (non-hydrogen) atoms. The molecule has 0 amide bonds. The molecule has 0 fully saturated rings. The molecular weight excluding hydrogens is 276 g/mol. The number of carbonyl (C=O) groups is 3. The number of allylic oxidation sites excluding steroid dienone is 1. The van der Waals surface area contributed by atoms with E-state index in [1.54, 1.807) is 24.3 Å². The predicted molar refractivity (Wildman–Crippen MR) is 78.9 cm³/mol. The number of benzene rings is 1. The predicted octanol–water partition coefficient (Wildman–Crippen LogP) is 3.36. The summed E-state index contributed by atoms with van der Waals surface area (Å²) in [6, 6.07) is 6.74. The van der Waals surface area contributed by atoms with Crippen molar-refractivity contribution in [3.8, 4) is 0 Å². The first-order chi connectivity index (χ1) is 9.25. The van der Waals surface area contributed by atoms with Gasteiger partial charge in [-0.3, -0.25) is 14.4 Å². The number of carbonyl (C=O) groups excluding carboxylic acids is 3. The van der Waals surface area contributed by atoms with E-state index in [0.717, 1.165) is 0 Å². The lowest BCUT2D eigenvalue weighted by atomic mass is 9.76. The van der Waals surface area contributed by atoms with Gasteiger partial charge in [-0.25, -0.2) is 0 Å². The van der Waals surface area contributed by atoms with Crippen molar-refractivity contribution >= 4 is 29.0 Å². The molecule has 1 unspecified atom stereocenters. The van der Waals surface area contributed by atoms with Gasteiger partial charge in [0, 0.05) is 10.9 Å². The maximum absolute atomic E-state index is 11.8. The molecule has 0 radical (unpaired) electrons. The fourth-order valence-electron chi connectivity index (χ4n) is 2.24. The molecule has 0 saturated heterocycles. The van der Waals surface area contributed by atoms with Crippen LogP contribution in [-0.4, -0.2) is 17.3 Å². The van der Waals surface area contributed by atoms with Gasteiger partial charge in [0.05, 0.1) is 5.92 Å². The first-order valence-corrected chi connectivity index (χ1v) is 6.59. The van der Waals surface area contributed by atoms with Gasteiger partial charge in [-0.2, -0.15) is 0 Å². The summed E-state index contributed by atoms with van der Waals surface area (Å²) >= 11 is 5.84. The Bertz CT molecular complexity index is 544. The maximum atomic E-state index is 11.8. The van der Waals surface area contributed by atoms with Gasteiger partial charge in [0.1, 0.15) is 11.6 Å². The summed E-state index contributed by atoms with van der Waals surface area (Å²) in [5.41, 5.74) is 0.938. The molecule has 0 aliphatic heterocycles. The molecule has 0 bridgehead atoms. The highest BCUT2D eigenvalue weighted by atomic mass is 35.5. The maximum Gasteiger partial charge on any atom is 0.155 e. The topological polar surface area (TPSA) is 51.2 Å². The number of rotatable bonds is 6. The van der Waals surface area contributed by atoms with E-state index in [0.29, 0.717) is 10.6 Å². The van der Waals surface area contributed by atoms with E-state index in [2.05, 4.69) is 6.58 Å². The molecule has 1 aromatic rings. The monoisotopic (exact) mass is 292 g/mol. The van der Waals surface area contributed by atoms with Crippen LogP contribution >= 0.6 is 11.6 Å². The van der Waals surface area contributed by atoms with Crippen molar-refractivity contribution in [2.45, 2.75) is 26.7 Å². The van der Waals surface area contributed by atoms with Crippen molar-refractivity contribution in [1.29, 1.82) is 0 Å². The standard InChI is InChI=1S/C16H17ClO3/c1-9(10(2)18)15(16(11(3)19)12(4)20)13-5-7-14(17)8-6-13/h5-8,15-16H,1H2,2-4H3. The third kappa shape index (κ3) is 3.64. The Kier molecular flexibility index (Phi) is 5.40. The van der Waals surface area contributed by atoms with E-state index >= 15 is 0 Å². The van der Waals surface area contributed by atoms with Crippen LogP contribution in [0, 0.1) is 5.92 Å². The Morgan fingerprint density at radius 1 is 1.00 bits per heavy atom. The lowest BCUT2D eigenvalue weighted by Crippen LogP contribution is -2.29. The first kappa shape index (κ1) is 16.3. The molecule has 1 atom stereocenters. The van der Waals surface area contributed by atoms with E-state index in [1.807, 2.05) is 0 Å². The van der Waals surface area contributed by atoms with Crippen LogP contribution in [0.25, 0.3) is 0 Å². The summed E-state index contributed by atoms with van der Waals surface area (Å²) in [4.78, 5) is 35.2. The lowest BCUT2D eigenvalue weighted by Gasteiger charge is -2.24. The second-order valence-electron chi connectivity index (χ2n) is 4.81. The first-order valence-electron chi connectivity index (χ1n) is 6.21. The van der Waals surface area contributed by atoms with Crippen LogP contribution in [-0.2, 0) is 14.4 Å². The zero-order valence-corrected chi connectivity index (χ0v) is 12.5. The molecule has 106 valence electrons. The smallest absolute Gasteiger partial charge is 0.155 e. The van der Waals surface area contributed by atoms with Crippen LogP contribution in [0.2, 0.25) is 5.02 Å². The Hall–Kier alpha value is -1.74. The van der Waals surface area contributed by atoms with E-state index in [4.69, 9.17) is 11.6 Å². The van der Waals surface area contributed by atoms with Crippen LogP contribution in [0.3, 0.4) is 0 Å². The fraction of sp³-hybridized carbons (Fsp3) is 0.312. The number of Topliss-reactive ketones (excluding diaryl/α,β-unsaturated/α-hetero) is 3. The SMILES string of the molecule is C=C(C(C)=O)C(c1ccc(Cl)cc1)C(C(C)=O)C(C)=O. The number of hydrogen-bond acceptors (Lipinski definition) is 3. The summed E-state index contributed by atoms with van der Waals surface area (Å²) in [6.07, 6.45) is 0. The minimum atomic E-state index is -0.896. The molecule has 4 heteroatoms. The van der Waals surface area contributed by atoms with E-state index in [1.165, 1.54) is 20.8 Å². The van der Waals surface area contributed by atoms with E-state index in [-0.39, 0.29) is 22.9 Å². The molecule has 0 spiro atoms. The minimum absolute atomic E-state index is 0.238. The molecule has 0 heterocycles. The summed E-state index contributed by atoms with van der Waals surface area (Å²) in [6.45, 7) is 7.83. The van der Waals surface area contributed by atoms with Gasteiger partial charge in [0.25, 0.3) is 0 Å². The zero-order valence-electron chi connectivity index (χ0n) is 11.8. The molecule has 0 N–H and O–H groups in total. The van der Waals surface area contributed by atoms with Crippen LogP contribution in [0.4, 0.5) is 0 Å². The normalized spacial score (nSPS) is 12.1. The largest absolute Gasteiger partial charge is 0.299 e. The van der Waals surface area contributed by atoms with Crippen molar-refractivity contribution in [3.63, 3.8) is 0 Å². The number of halogens is 1. The second-order valence-corrected chi connectivity index (χ2v) is 5.25. The highest BCUT2D eigenvalue weighted by molar-refractivity contribution is 6.30. The van der Waals surface area contributed by atoms with Crippen molar-refractivity contribution in [1.82, 2.24) is 0 Å². The van der Waals surface area contributed by atoms with E-state index in [9.17, 15) is 14.4 Å². The van der Waals surface area contributed by atoms with Crippen molar-refractivity contribution in [2.24, 2.45) is 5.92 Å². The zero-order chi connectivity index (χ0) is 15.4. The molecule has 3 nitrogen and oxygen atoms in total. The van der Waals surface area contributed by atoms with Crippen LogP contribution in [0.15, 0.2) is 36.4 Å². The fourth-order valence-corrected chi connectivity index (χ4v) is 2.37. The molecule has 1 rings (SSSR count).